The normalized spacial score (nSPS) is 28.3. The Hall–Kier alpha value is -0.860. The molecular weight excluding hydrogens is 220 g/mol. The molecule has 3 rings (SSSR count). The van der Waals surface area contributed by atoms with Crippen molar-refractivity contribution < 1.29 is 0 Å². The van der Waals surface area contributed by atoms with Crippen LogP contribution in [0.25, 0.3) is 0 Å². The van der Waals surface area contributed by atoms with Crippen LogP contribution < -0.4 is 5.32 Å². The minimum Gasteiger partial charge on any atom is -0.313 e. The summed E-state index contributed by atoms with van der Waals surface area (Å²) in [4.78, 5) is 2.68. The molecule has 1 aliphatic carbocycles. The summed E-state index contributed by atoms with van der Waals surface area (Å²) in [6, 6.07) is 9.64. The third kappa shape index (κ3) is 2.45. The van der Waals surface area contributed by atoms with Gasteiger partial charge in [0, 0.05) is 25.0 Å². The molecule has 2 atom stereocenters. The highest BCUT2D eigenvalue weighted by Gasteiger charge is 2.28. The van der Waals surface area contributed by atoms with Crippen molar-refractivity contribution in [2.45, 2.75) is 38.1 Å². The summed E-state index contributed by atoms with van der Waals surface area (Å²) in [5.41, 5.74) is 3.17. The van der Waals surface area contributed by atoms with Gasteiger partial charge >= 0.3 is 0 Å². The highest BCUT2D eigenvalue weighted by Crippen LogP contribution is 2.35. The van der Waals surface area contributed by atoms with Crippen LogP contribution in [0, 0.1) is 0 Å². The first-order chi connectivity index (χ1) is 8.86. The largest absolute Gasteiger partial charge is 0.313 e. The van der Waals surface area contributed by atoms with Crippen molar-refractivity contribution in [2.24, 2.45) is 0 Å². The number of benzene rings is 1. The second-order valence-corrected chi connectivity index (χ2v) is 5.77. The Morgan fingerprint density at radius 3 is 3.06 bits per heavy atom. The van der Waals surface area contributed by atoms with Gasteiger partial charge in [-0.15, -0.1) is 0 Å². The van der Waals surface area contributed by atoms with Crippen LogP contribution in [0.5, 0.6) is 0 Å². The van der Waals surface area contributed by atoms with Crippen LogP contribution in [0.15, 0.2) is 24.3 Å². The Morgan fingerprint density at radius 1 is 1.33 bits per heavy atom. The number of nitrogens with zero attached hydrogens (tertiary/aromatic N) is 1. The van der Waals surface area contributed by atoms with E-state index in [0.717, 1.165) is 5.92 Å². The zero-order chi connectivity index (χ0) is 12.4. The molecule has 1 aromatic rings. The second-order valence-electron chi connectivity index (χ2n) is 5.77. The Balaban J connectivity index is 1.60. The molecule has 2 heteroatoms. The first-order valence-electron chi connectivity index (χ1n) is 7.40. The van der Waals surface area contributed by atoms with Crippen molar-refractivity contribution in [2.75, 3.05) is 26.2 Å². The van der Waals surface area contributed by atoms with Crippen LogP contribution in [-0.2, 0) is 6.42 Å². The first-order valence-corrected chi connectivity index (χ1v) is 7.40. The van der Waals surface area contributed by atoms with E-state index in [-0.39, 0.29) is 0 Å². The van der Waals surface area contributed by atoms with Crippen molar-refractivity contribution in [3.63, 3.8) is 0 Å². The maximum absolute atomic E-state index is 3.65. The second kappa shape index (κ2) is 5.41. The number of rotatable bonds is 3. The van der Waals surface area contributed by atoms with Crippen LogP contribution in [0.1, 0.15) is 36.8 Å². The predicted molar refractivity (Wildman–Crippen MR) is 76.0 cm³/mol. The number of hydrogen-bond acceptors (Lipinski definition) is 2. The molecule has 0 bridgehead atoms. The summed E-state index contributed by atoms with van der Waals surface area (Å²) in [5, 5.41) is 3.65. The van der Waals surface area contributed by atoms with E-state index in [2.05, 4.69) is 41.4 Å². The van der Waals surface area contributed by atoms with Gasteiger partial charge in [-0.05, 0) is 43.5 Å². The van der Waals surface area contributed by atoms with Gasteiger partial charge in [-0.2, -0.15) is 0 Å². The van der Waals surface area contributed by atoms with E-state index >= 15 is 0 Å². The highest BCUT2D eigenvalue weighted by atomic mass is 15.2. The van der Waals surface area contributed by atoms with E-state index in [9.17, 15) is 0 Å². The fourth-order valence-electron chi connectivity index (χ4n) is 3.35. The van der Waals surface area contributed by atoms with E-state index < -0.39 is 0 Å². The van der Waals surface area contributed by atoms with Gasteiger partial charge < -0.3 is 10.2 Å². The molecule has 1 aliphatic heterocycles. The average molecular weight is 244 g/mol. The lowest BCUT2D eigenvalue weighted by atomic mass is 9.77. The molecular formula is C16H24N2. The minimum absolute atomic E-state index is 0.697. The van der Waals surface area contributed by atoms with Crippen molar-refractivity contribution in [3.8, 4) is 0 Å². The predicted octanol–water partition coefficient (Wildman–Crippen LogP) is 2.40. The first kappa shape index (κ1) is 12.2. The molecule has 2 unspecified atom stereocenters. The molecule has 0 aromatic heterocycles. The average Bonchev–Trinajstić information content (AvgIpc) is 2.61. The minimum atomic E-state index is 0.697. The monoisotopic (exact) mass is 244 g/mol. The molecule has 1 N–H and O–H groups in total. The Kier molecular flexibility index (Phi) is 3.67. The van der Waals surface area contributed by atoms with Gasteiger partial charge in [-0.3, -0.25) is 0 Å². The Morgan fingerprint density at radius 2 is 2.22 bits per heavy atom. The number of hydrogen-bond donors (Lipinski definition) is 1. The maximum atomic E-state index is 3.65. The molecule has 18 heavy (non-hydrogen) atoms. The van der Waals surface area contributed by atoms with Crippen LogP contribution in [0.3, 0.4) is 0 Å². The fraction of sp³-hybridized carbons (Fsp3) is 0.625. The molecule has 0 spiro atoms. The van der Waals surface area contributed by atoms with Gasteiger partial charge in [0.05, 0.1) is 0 Å². The summed E-state index contributed by atoms with van der Waals surface area (Å²) < 4.78 is 0. The van der Waals surface area contributed by atoms with E-state index in [1.807, 2.05) is 0 Å². The summed E-state index contributed by atoms with van der Waals surface area (Å²) in [7, 11) is 0. The zero-order valence-corrected chi connectivity index (χ0v) is 11.4. The van der Waals surface area contributed by atoms with Gasteiger partial charge in [0.25, 0.3) is 0 Å². The van der Waals surface area contributed by atoms with Gasteiger partial charge in [0.1, 0.15) is 0 Å². The molecule has 0 amide bonds. The number of nitrogens with one attached hydrogen (secondary N) is 1. The van der Waals surface area contributed by atoms with Crippen molar-refractivity contribution >= 4 is 0 Å². The molecule has 1 heterocycles. The smallest absolute Gasteiger partial charge is 0.0192 e. The van der Waals surface area contributed by atoms with Gasteiger partial charge in [0.15, 0.2) is 0 Å². The van der Waals surface area contributed by atoms with E-state index in [4.69, 9.17) is 0 Å². The van der Waals surface area contributed by atoms with E-state index in [1.54, 1.807) is 11.1 Å². The zero-order valence-electron chi connectivity index (χ0n) is 11.4. The lowest BCUT2D eigenvalue weighted by molar-refractivity contribution is 0.241. The van der Waals surface area contributed by atoms with Crippen molar-refractivity contribution in [1.29, 1.82) is 0 Å². The highest BCUT2D eigenvalue weighted by molar-refractivity contribution is 5.40. The third-order valence-electron chi connectivity index (χ3n) is 4.50. The van der Waals surface area contributed by atoms with Crippen LogP contribution in [0.2, 0.25) is 0 Å². The maximum Gasteiger partial charge on any atom is 0.0192 e. The standard InChI is InChI=1S/C16H24N2/c1-2-15-12-18(9-5-8-17-15)11-14-10-13-6-3-4-7-16(13)14/h3-4,6-7,14-15,17H,2,5,8-12H2,1H3. The summed E-state index contributed by atoms with van der Waals surface area (Å²) in [6.45, 7) is 7.24. The molecule has 2 aliphatic rings. The molecule has 2 nitrogen and oxygen atoms in total. The number of fused-ring (bicyclic) bond motifs is 1. The third-order valence-corrected chi connectivity index (χ3v) is 4.50. The van der Waals surface area contributed by atoms with Crippen molar-refractivity contribution in [3.05, 3.63) is 35.4 Å². The lowest BCUT2D eigenvalue weighted by Crippen LogP contribution is -2.40. The van der Waals surface area contributed by atoms with Crippen LogP contribution in [0.4, 0.5) is 0 Å². The summed E-state index contributed by atoms with van der Waals surface area (Å²) >= 11 is 0. The van der Waals surface area contributed by atoms with Gasteiger partial charge in [0.2, 0.25) is 0 Å². The lowest BCUT2D eigenvalue weighted by Gasteiger charge is -2.35. The molecule has 1 fully saturated rings. The summed E-state index contributed by atoms with van der Waals surface area (Å²) in [6.07, 6.45) is 3.83. The Labute approximate surface area is 110 Å². The Bertz CT molecular complexity index is 402. The molecule has 98 valence electrons. The van der Waals surface area contributed by atoms with Crippen LogP contribution >= 0.6 is 0 Å². The fourth-order valence-corrected chi connectivity index (χ4v) is 3.35. The molecule has 1 aromatic carbocycles. The summed E-state index contributed by atoms with van der Waals surface area (Å²) in [5.74, 6) is 0.789. The van der Waals surface area contributed by atoms with Crippen LogP contribution in [-0.4, -0.2) is 37.1 Å². The van der Waals surface area contributed by atoms with Gasteiger partial charge in [-0.25, -0.2) is 0 Å². The van der Waals surface area contributed by atoms with E-state index in [1.165, 1.54) is 45.4 Å². The SMILES string of the molecule is CCC1CN(CC2Cc3ccccc32)CCCN1. The molecule has 1 saturated heterocycles. The van der Waals surface area contributed by atoms with E-state index in [0.29, 0.717) is 6.04 Å². The molecule has 0 saturated carbocycles. The van der Waals surface area contributed by atoms with Crippen molar-refractivity contribution in [1.82, 2.24) is 10.2 Å². The quantitative estimate of drug-likeness (QED) is 0.878. The van der Waals surface area contributed by atoms with Gasteiger partial charge in [-0.1, -0.05) is 31.2 Å². The topological polar surface area (TPSA) is 15.3 Å². The molecule has 0 radical (unpaired) electrons.